The zero-order chi connectivity index (χ0) is 27.6. The maximum absolute atomic E-state index is 13.0. The Morgan fingerprint density at radius 1 is 0.838 bits per heavy atom. The van der Waals surface area contributed by atoms with E-state index in [9.17, 15) is 9.59 Å². The van der Waals surface area contributed by atoms with Crippen molar-refractivity contribution in [1.29, 1.82) is 0 Å². The molecular weight excluding hydrogens is 464 g/mol. The van der Waals surface area contributed by atoms with Gasteiger partial charge in [0, 0.05) is 32.2 Å². The van der Waals surface area contributed by atoms with Gasteiger partial charge in [-0.3, -0.25) is 9.69 Å². The molecule has 1 amide bonds. The molecule has 0 unspecified atom stereocenters. The molecule has 0 aliphatic heterocycles. The molecule has 0 saturated heterocycles. The van der Waals surface area contributed by atoms with E-state index in [4.69, 9.17) is 9.47 Å². The normalized spacial score (nSPS) is 13.6. The van der Waals surface area contributed by atoms with Crippen molar-refractivity contribution >= 4 is 12.1 Å². The van der Waals surface area contributed by atoms with Gasteiger partial charge in [0.15, 0.2) is 0 Å². The van der Waals surface area contributed by atoms with Crippen LogP contribution < -0.4 is 0 Å². The summed E-state index contributed by atoms with van der Waals surface area (Å²) in [6.45, 7) is 14.7. The Morgan fingerprint density at radius 3 is 1.92 bits per heavy atom. The van der Waals surface area contributed by atoms with E-state index >= 15 is 0 Å². The molecule has 0 radical (unpaired) electrons. The van der Waals surface area contributed by atoms with Crippen molar-refractivity contribution in [3.05, 3.63) is 71.8 Å². The third-order valence-corrected chi connectivity index (χ3v) is 6.01. The van der Waals surface area contributed by atoms with Gasteiger partial charge in [-0.05, 0) is 72.4 Å². The van der Waals surface area contributed by atoms with Gasteiger partial charge in [-0.2, -0.15) is 0 Å². The van der Waals surface area contributed by atoms with Crippen LogP contribution in [-0.2, 0) is 20.8 Å². The summed E-state index contributed by atoms with van der Waals surface area (Å²) >= 11 is 0. The van der Waals surface area contributed by atoms with Crippen molar-refractivity contribution in [2.75, 3.05) is 13.6 Å². The Bertz CT molecular complexity index is 964. The van der Waals surface area contributed by atoms with Crippen LogP contribution in [-0.4, -0.2) is 52.7 Å². The lowest BCUT2D eigenvalue weighted by Crippen LogP contribution is -2.40. The molecule has 0 aliphatic rings. The second-order valence-electron chi connectivity index (χ2n) is 11.7. The van der Waals surface area contributed by atoms with Crippen molar-refractivity contribution in [3.8, 4) is 0 Å². The van der Waals surface area contributed by atoms with E-state index in [-0.39, 0.29) is 30.6 Å². The lowest BCUT2D eigenvalue weighted by Gasteiger charge is -2.37. The van der Waals surface area contributed by atoms with E-state index in [1.807, 2.05) is 77.9 Å². The van der Waals surface area contributed by atoms with E-state index in [1.165, 1.54) is 11.1 Å². The minimum absolute atomic E-state index is 0.0719. The molecule has 2 aromatic rings. The van der Waals surface area contributed by atoms with Crippen LogP contribution in [0.15, 0.2) is 60.7 Å². The smallest absolute Gasteiger partial charge is 0.410 e. The molecule has 0 aliphatic carbocycles. The fraction of sp³-hybridized carbons (Fsp3) is 0.548. The summed E-state index contributed by atoms with van der Waals surface area (Å²) in [4.78, 5) is 29.5. The number of carbonyl (C=O) groups is 2. The Kier molecular flexibility index (Phi) is 11.2. The standard InChI is InChI=1S/C31H46N2O4/c1-24(26-18-13-10-14-19-26)33(23-25-16-11-9-12-17-25)27(22-28(34)36-30(2,3)4)20-15-21-32(8)29(35)37-31(5,6)7/h9-14,16-19,24,27H,15,20-23H2,1-8H3/t24-,27-/m0/s1. The van der Waals surface area contributed by atoms with E-state index in [0.717, 1.165) is 12.8 Å². The van der Waals surface area contributed by atoms with Crippen LogP contribution >= 0.6 is 0 Å². The lowest BCUT2D eigenvalue weighted by atomic mass is 9.98. The molecule has 2 rings (SSSR count). The maximum atomic E-state index is 13.0. The van der Waals surface area contributed by atoms with Gasteiger partial charge in [-0.1, -0.05) is 60.7 Å². The Labute approximate surface area is 223 Å². The van der Waals surface area contributed by atoms with Crippen molar-refractivity contribution < 1.29 is 19.1 Å². The molecule has 0 saturated carbocycles. The zero-order valence-corrected chi connectivity index (χ0v) is 24.0. The second-order valence-corrected chi connectivity index (χ2v) is 11.7. The molecule has 0 N–H and O–H groups in total. The van der Waals surface area contributed by atoms with Crippen LogP contribution in [0.5, 0.6) is 0 Å². The topological polar surface area (TPSA) is 59.1 Å². The first-order valence-electron chi connectivity index (χ1n) is 13.3. The molecule has 37 heavy (non-hydrogen) atoms. The minimum atomic E-state index is -0.548. The first kappa shape index (κ1) is 30.4. The predicted molar refractivity (Wildman–Crippen MR) is 149 cm³/mol. The Hall–Kier alpha value is -2.86. The molecule has 6 heteroatoms. The number of esters is 1. The van der Waals surface area contributed by atoms with Crippen molar-refractivity contribution in [2.24, 2.45) is 0 Å². The number of rotatable bonds is 11. The van der Waals surface area contributed by atoms with Crippen molar-refractivity contribution in [3.63, 3.8) is 0 Å². The molecular formula is C31H46N2O4. The molecule has 204 valence electrons. The third kappa shape index (κ3) is 11.4. The fourth-order valence-electron chi connectivity index (χ4n) is 4.26. The van der Waals surface area contributed by atoms with Gasteiger partial charge in [0.1, 0.15) is 11.2 Å². The van der Waals surface area contributed by atoms with Crippen LogP contribution in [0.4, 0.5) is 4.79 Å². The van der Waals surface area contributed by atoms with Gasteiger partial charge in [0.25, 0.3) is 0 Å². The summed E-state index contributed by atoms with van der Waals surface area (Å²) in [5.41, 5.74) is 1.29. The van der Waals surface area contributed by atoms with E-state index in [0.29, 0.717) is 13.1 Å². The monoisotopic (exact) mass is 510 g/mol. The molecule has 0 bridgehead atoms. The molecule has 6 nitrogen and oxygen atoms in total. The average Bonchev–Trinajstić information content (AvgIpc) is 2.80. The molecule has 0 aromatic heterocycles. The maximum Gasteiger partial charge on any atom is 0.410 e. The number of benzene rings is 2. The number of ether oxygens (including phenoxy) is 2. The van der Waals surface area contributed by atoms with Gasteiger partial charge in [-0.25, -0.2) is 4.79 Å². The van der Waals surface area contributed by atoms with E-state index < -0.39 is 11.2 Å². The number of amides is 1. The molecule has 2 atom stereocenters. The first-order chi connectivity index (χ1) is 17.2. The number of carbonyl (C=O) groups excluding carboxylic acids is 2. The highest BCUT2D eigenvalue weighted by atomic mass is 16.6. The van der Waals surface area contributed by atoms with Gasteiger partial charge in [-0.15, -0.1) is 0 Å². The minimum Gasteiger partial charge on any atom is -0.460 e. The highest BCUT2D eigenvalue weighted by molar-refractivity contribution is 5.70. The largest absolute Gasteiger partial charge is 0.460 e. The highest BCUT2D eigenvalue weighted by Gasteiger charge is 2.29. The summed E-state index contributed by atoms with van der Waals surface area (Å²) in [6, 6.07) is 20.7. The zero-order valence-electron chi connectivity index (χ0n) is 24.0. The Morgan fingerprint density at radius 2 is 1.38 bits per heavy atom. The van der Waals surface area contributed by atoms with Gasteiger partial charge >= 0.3 is 12.1 Å². The average molecular weight is 511 g/mol. The van der Waals surface area contributed by atoms with Gasteiger partial charge in [0.05, 0.1) is 6.42 Å². The quantitative estimate of drug-likeness (QED) is 0.305. The molecule has 0 heterocycles. The highest BCUT2D eigenvalue weighted by Crippen LogP contribution is 2.29. The Balaban J connectivity index is 2.27. The van der Waals surface area contributed by atoms with Crippen LogP contribution in [0.25, 0.3) is 0 Å². The number of hydrogen-bond donors (Lipinski definition) is 0. The third-order valence-electron chi connectivity index (χ3n) is 6.01. The number of nitrogens with zero attached hydrogens (tertiary/aromatic N) is 2. The number of hydrogen-bond acceptors (Lipinski definition) is 5. The SMILES string of the molecule is C[C@@H](c1ccccc1)N(Cc1ccccc1)[C@@H](CCCN(C)C(=O)OC(C)(C)C)CC(=O)OC(C)(C)C. The molecule has 0 spiro atoms. The van der Waals surface area contributed by atoms with Crippen molar-refractivity contribution in [2.45, 2.75) is 97.6 Å². The predicted octanol–water partition coefficient (Wildman–Crippen LogP) is 7.00. The summed E-state index contributed by atoms with van der Waals surface area (Å²) < 4.78 is 11.2. The van der Waals surface area contributed by atoms with Crippen LogP contribution in [0.1, 0.15) is 84.9 Å². The van der Waals surface area contributed by atoms with E-state index in [2.05, 4.69) is 36.1 Å². The van der Waals surface area contributed by atoms with Crippen LogP contribution in [0.2, 0.25) is 0 Å². The van der Waals surface area contributed by atoms with Crippen molar-refractivity contribution in [1.82, 2.24) is 9.80 Å². The molecule has 0 fully saturated rings. The summed E-state index contributed by atoms with van der Waals surface area (Å²) in [7, 11) is 1.76. The first-order valence-corrected chi connectivity index (χ1v) is 13.3. The van der Waals surface area contributed by atoms with Gasteiger partial charge < -0.3 is 14.4 Å². The van der Waals surface area contributed by atoms with Crippen LogP contribution in [0, 0.1) is 0 Å². The summed E-state index contributed by atoms with van der Waals surface area (Å²) in [5.74, 6) is -0.212. The van der Waals surface area contributed by atoms with E-state index in [1.54, 1.807) is 11.9 Å². The molecule has 2 aromatic carbocycles. The summed E-state index contributed by atoms with van der Waals surface area (Å²) in [6.07, 6.45) is 1.40. The lowest BCUT2D eigenvalue weighted by molar-refractivity contribution is -0.156. The second kappa shape index (κ2) is 13.6. The summed E-state index contributed by atoms with van der Waals surface area (Å²) in [5, 5.41) is 0. The fourth-order valence-corrected chi connectivity index (χ4v) is 4.26. The van der Waals surface area contributed by atoms with Crippen LogP contribution in [0.3, 0.4) is 0 Å². The van der Waals surface area contributed by atoms with Gasteiger partial charge in [0.2, 0.25) is 0 Å².